The van der Waals surface area contributed by atoms with Gasteiger partial charge in [0.2, 0.25) is 0 Å². The maximum absolute atomic E-state index is 14.2. The van der Waals surface area contributed by atoms with Crippen LogP contribution in [0, 0.1) is 30.4 Å². The van der Waals surface area contributed by atoms with Gasteiger partial charge >= 0.3 is 0 Å². The molecular weight excluding hydrogens is 430 g/mol. The number of nitrogens with one attached hydrogen (secondary N) is 1. The summed E-state index contributed by atoms with van der Waals surface area (Å²) >= 11 is 0. The maximum atomic E-state index is 14.2. The van der Waals surface area contributed by atoms with E-state index in [1.54, 1.807) is 6.92 Å². The van der Waals surface area contributed by atoms with Crippen LogP contribution in [-0.2, 0) is 13.0 Å². The topological polar surface area (TPSA) is 41.1 Å². The molecule has 1 aromatic heterocycles. The summed E-state index contributed by atoms with van der Waals surface area (Å²) in [6.45, 7) is 2.74. The molecule has 0 bridgehead atoms. The highest BCUT2D eigenvalue weighted by atomic mass is 19.1. The fraction of sp³-hybridized carbons (Fsp3) is 0.500. The van der Waals surface area contributed by atoms with E-state index < -0.39 is 11.6 Å². The Morgan fingerprint density at radius 3 is 2.47 bits per heavy atom. The van der Waals surface area contributed by atoms with Crippen LogP contribution < -0.4 is 10.2 Å². The summed E-state index contributed by atoms with van der Waals surface area (Å²) in [5.41, 5.74) is 1.65. The Kier molecular flexibility index (Phi) is 8.09. The molecule has 0 saturated heterocycles. The van der Waals surface area contributed by atoms with Crippen molar-refractivity contribution < 1.29 is 8.78 Å². The van der Waals surface area contributed by atoms with Crippen molar-refractivity contribution in [1.82, 2.24) is 15.3 Å². The van der Waals surface area contributed by atoms with E-state index in [2.05, 4.69) is 22.3 Å². The van der Waals surface area contributed by atoms with E-state index in [1.807, 2.05) is 26.2 Å². The van der Waals surface area contributed by atoms with E-state index in [1.165, 1.54) is 44.2 Å². The van der Waals surface area contributed by atoms with Crippen LogP contribution in [0.5, 0.6) is 0 Å². The van der Waals surface area contributed by atoms with Crippen molar-refractivity contribution in [3.05, 3.63) is 65.0 Å². The summed E-state index contributed by atoms with van der Waals surface area (Å²) in [6.07, 6.45) is 8.00. The molecule has 0 radical (unpaired) electrons. The molecule has 2 aromatic carbocycles. The van der Waals surface area contributed by atoms with Gasteiger partial charge in [0.25, 0.3) is 0 Å². The van der Waals surface area contributed by atoms with E-state index in [4.69, 9.17) is 9.97 Å². The van der Waals surface area contributed by atoms with Gasteiger partial charge in [0, 0.05) is 38.0 Å². The number of nitrogens with zero attached hydrogens (tertiary/aromatic N) is 3. The molecule has 1 saturated carbocycles. The molecule has 0 spiro atoms. The van der Waals surface area contributed by atoms with Gasteiger partial charge in [-0.05, 0) is 68.3 Å². The molecule has 1 aliphatic rings. The molecule has 1 heterocycles. The van der Waals surface area contributed by atoms with Crippen LogP contribution in [0.1, 0.15) is 55.5 Å². The lowest BCUT2D eigenvalue weighted by molar-refractivity contribution is 0.253. The van der Waals surface area contributed by atoms with Gasteiger partial charge in [-0.25, -0.2) is 18.7 Å². The predicted octanol–water partition coefficient (Wildman–Crippen LogP) is 6.20. The normalized spacial score (nSPS) is 18.4. The lowest BCUT2D eigenvalue weighted by atomic mass is 9.80. The Bertz CT molecular complexity index is 1110. The Balaban J connectivity index is 1.21. The maximum Gasteiger partial charge on any atom is 0.139 e. The zero-order chi connectivity index (χ0) is 24.1. The van der Waals surface area contributed by atoms with Gasteiger partial charge in [-0.1, -0.05) is 37.5 Å². The van der Waals surface area contributed by atoms with Gasteiger partial charge in [0.1, 0.15) is 23.3 Å². The monoisotopic (exact) mass is 466 g/mol. The Hall–Kier alpha value is -2.60. The molecule has 4 nitrogen and oxygen atoms in total. The van der Waals surface area contributed by atoms with E-state index in [9.17, 15) is 8.78 Å². The number of benzene rings is 2. The number of anilines is 1. The molecular formula is C28H36F2N4. The summed E-state index contributed by atoms with van der Waals surface area (Å²) in [5, 5.41) is 4.38. The molecule has 1 fully saturated rings. The molecule has 4 rings (SSSR count). The van der Waals surface area contributed by atoms with Crippen LogP contribution in [0.4, 0.5) is 14.6 Å². The summed E-state index contributed by atoms with van der Waals surface area (Å²) in [7, 11) is 4.06. The minimum atomic E-state index is -0.465. The summed E-state index contributed by atoms with van der Waals surface area (Å²) in [4.78, 5) is 11.7. The van der Waals surface area contributed by atoms with Crippen molar-refractivity contribution >= 4 is 16.7 Å². The smallest absolute Gasteiger partial charge is 0.139 e. The standard InChI is InChI=1S/C28H36F2N4/c1-19-11-16-24(29)23(27(19)30)18-31-17-21-14-12-20(13-15-21)7-6-10-26-32-25-9-5-4-8-22(25)28(33-26)34(2)3/h4-5,8-9,11,16,20-21,31H,6-7,10,12-15,17-18H2,1-3H3. The van der Waals surface area contributed by atoms with E-state index in [0.29, 0.717) is 11.5 Å². The number of hydrogen-bond acceptors (Lipinski definition) is 4. The van der Waals surface area contributed by atoms with Crippen LogP contribution in [-0.4, -0.2) is 30.6 Å². The third-order valence-corrected chi connectivity index (χ3v) is 7.15. The molecule has 0 aliphatic heterocycles. The molecule has 6 heteroatoms. The molecule has 0 atom stereocenters. The SMILES string of the molecule is Cc1ccc(F)c(CNCC2CCC(CCCc3nc(N(C)C)c4ccccc4n3)CC2)c1F. The van der Waals surface area contributed by atoms with Gasteiger partial charge in [0.15, 0.2) is 0 Å². The number of halogens is 2. The molecule has 34 heavy (non-hydrogen) atoms. The summed E-state index contributed by atoms with van der Waals surface area (Å²) in [6, 6.07) is 11.0. The molecule has 1 N–H and O–H groups in total. The second-order valence-corrected chi connectivity index (χ2v) is 9.94. The van der Waals surface area contributed by atoms with Crippen LogP contribution in [0.25, 0.3) is 10.9 Å². The van der Waals surface area contributed by atoms with Crippen molar-refractivity contribution in [3.63, 3.8) is 0 Å². The highest BCUT2D eigenvalue weighted by Gasteiger charge is 2.21. The van der Waals surface area contributed by atoms with Crippen molar-refractivity contribution in [2.45, 2.75) is 58.4 Å². The highest BCUT2D eigenvalue weighted by Crippen LogP contribution is 2.32. The lowest BCUT2D eigenvalue weighted by Crippen LogP contribution is -2.27. The first-order valence-corrected chi connectivity index (χ1v) is 12.5. The Labute approximate surface area is 201 Å². The van der Waals surface area contributed by atoms with Crippen molar-refractivity contribution in [1.29, 1.82) is 0 Å². The van der Waals surface area contributed by atoms with E-state index in [-0.39, 0.29) is 12.1 Å². The molecule has 182 valence electrons. The van der Waals surface area contributed by atoms with Crippen LogP contribution in [0.2, 0.25) is 0 Å². The van der Waals surface area contributed by atoms with Crippen molar-refractivity contribution in [3.8, 4) is 0 Å². The molecule has 3 aromatic rings. The number of aryl methyl sites for hydroxylation is 2. The fourth-order valence-corrected chi connectivity index (χ4v) is 5.11. The van der Waals surface area contributed by atoms with Gasteiger partial charge in [-0.15, -0.1) is 0 Å². The Morgan fingerprint density at radius 1 is 0.971 bits per heavy atom. The lowest BCUT2D eigenvalue weighted by Gasteiger charge is -2.28. The predicted molar refractivity (Wildman–Crippen MR) is 135 cm³/mol. The van der Waals surface area contributed by atoms with Gasteiger partial charge in [-0.3, -0.25) is 0 Å². The van der Waals surface area contributed by atoms with Crippen molar-refractivity contribution in [2.24, 2.45) is 11.8 Å². The van der Waals surface area contributed by atoms with Gasteiger partial charge in [-0.2, -0.15) is 0 Å². The zero-order valence-electron chi connectivity index (χ0n) is 20.6. The average molecular weight is 467 g/mol. The van der Waals surface area contributed by atoms with Crippen LogP contribution in [0.15, 0.2) is 36.4 Å². The highest BCUT2D eigenvalue weighted by molar-refractivity contribution is 5.89. The van der Waals surface area contributed by atoms with Gasteiger partial charge in [0.05, 0.1) is 5.52 Å². The molecule has 1 aliphatic carbocycles. The number of rotatable bonds is 9. The first kappa shape index (κ1) is 24.5. The Morgan fingerprint density at radius 2 is 1.71 bits per heavy atom. The third kappa shape index (κ3) is 5.90. The van der Waals surface area contributed by atoms with Crippen LogP contribution >= 0.6 is 0 Å². The number of para-hydroxylation sites is 1. The van der Waals surface area contributed by atoms with Crippen LogP contribution in [0.3, 0.4) is 0 Å². The quantitative estimate of drug-likeness (QED) is 0.408. The largest absolute Gasteiger partial charge is 0.362 e. The van der Waals surface area contributed by atoms with E-state index >= 15 is 0 Å². The first-order valence-electron chi connectivity index (χ1n) is 12.5. The molecule has 0 amide bonds. The summed E-state index contributed by atoms with van der Waals surface area (Å²) < 4.78 is 28.1. The number of aromatic nitrogens is 2. The number of fused-ring (bicyclic) bond motifs is 1. The second kappa shape index (κ2) is 11.2. The third-order valence-electron chi connectivity index (χ3n) is 7.15. The van der Waals surface area contributed by atoms with Crippen molar-refractivity contribution in [2.75, 3.05) is 25.5 Å². The van der Waals surface area contributed by atoms with Gasteiger partial charge < -0.3 is 10.2 Å². The second-order valence-electron chi connectivity index (χ2n) is 9.94. The fourth-order valence-electron chi connectivity index (χ4n) is 5.11. The summed E-state index contributed by atoms with van der Waals surface area (Å²) in [5.74, 6) is 2.35. The first-order chi connectivity index (χ1) is 16.4. The minimum absolute atomic E-state index is 0.155. The average Bonchev–Trinajstić information content (AvgIpc) is 2.84. The zero-order valence-corrected chi connectivity index (χ0v) is 20.6. The molecule has 0 unspecified atom stereocenters. The van der Waals surface area contributed by atoms with E-state index in [0.717, 1.165) is 47.8 Å². The number of hydrogen-bond donors (Lipinski definition) is 1. The minimum Gasteiger partial charge on any atom is -0.362 e.